The molecule has 1 unspecified atom stereocenters. The fraction of sp³-hybridized carbons (Fsp3) is 0.750. The van der Waals surface area contributed by atoms with E-state index < -0.39 is 5.97 Å². The summed E-state index contributed by atoms with van der Waals surface area (Å²) in [6, 6.07) is 0. The van der Waals surface area contributed by atoms with Crippen molar-refractivity contribution in [3.05, 3.63) is 0 Å². The van der Waals surface area contributed by atoms with Crippen molar-refractivity contribution in [2.24, 2.45) is 11.8 Å². The molecule has 0 saturated heterocycles. The summed E-state index contributed by atoms with van der Waals surface area (Å²) in [6.45, 7) is 0. The van der Waals surface area contributed by atoms with Crippen molar-refractivity contribution >= 4 is 12.3 Å². The second kappa shape index (κ2) is 3.51. The normalized spacial score (nSPS) is 31.3. The van der Waals surface area contributed by atoms with Crippen LogP contribution in [0.2, 0.25) is 0 Å². The van der Waals surface area contributed by atoms with E-state index >= 15 is 0 Å². The molecule has 1 fully saturated rings. The number of carboxylic acid groups (broad SMARTS) is 1. The number of carboxylic acids is 1. The zero-order chi connectivity index (χ0) is 8.27. The lowest BCUT2D eigenvalue weighted by Gasteiger charge is -2.21. The first kappa shape index (κ1) is 8.24. The Morgan fingerprint density at radius 3 is 2.73 bits per heavy atom. The van der Waals surface area contributed by atoms with Crippen LogP contribution in [0, 0.1) is 11.8 Å². The van der Waals surface area contributed by atoms with Gasteiger partial charge in [-0.2, -0.15) is 0 Å². The van der Waals surface area contributed by atoms with E-state index in [-0.39, 0.29) is 11.8 Å². The van der Waals surface area contributed by atoms with Gasteiger partial charge in [-0.3, -0.25) is 4.79 Å². The van der Waals surface area contributed by atoms with Crippen LogP contribution in [0.1, 0.15) is 25.7 Å². The summed E-state index contributed by atoms with van der Waals surface area (Å²) in [5.41, 5.74) is 0. The van der Waals surface area contributed by atoms with Crippen molar-refractivity contribution in [2.75, 3.05) is 0 Å². The Morgan fingerprint density at radius 1 is 1.45 bits per heavy atom. The molecule has 0 aromatic heterocycles. The SMILES string of the molecule is O=CC1CCC[C@H](C(=O)O)C1. The van der Waals surface area contributed by atoms with E-state index in [1.807, 2.05) is 0 Å². The van der Waals surface area contributed by atoms with Gasteiger partial charge in [-0.25, -0.2) is 0 Å². The largest absolute Gasteiger partial charge is 0.481 e. The second-order valence-electron chi connectivity index (χ2n) is 3.10. The van der Waals surface area contributed by atoms with Crippen LogP contribution in [0.4, 0.5) is 0 Å². The van der Waals surface area contributed by atoms with Crippen molar-refractivity contribution in [3.63, 3.8) is 0 Å². The van der Waals surface area contributed by atoms with Crippen molar-refractivity contribution in [3.8, 4) is 0 Å². The molecule has 1 rings (SSSR count). The summed E-state index contributed by atoms with van der Waals surface area (Å²) in [5, 5.41) is 8.64. The molecule has 0 radical (unpaired) electrons. The highest BCUT2D eigenvalue weighted by Gasteiger charge is 2.26. The van der Waals surface area contributed by atoms with Gasteiger partial charge in [-0.05, 0) is 19.3 Å². The van der Waals surface area contributed by atoms with Gasteiger partial charge in [0.25, 0.3) is 0 Å². The summed E-state index contributed by atoms with van der Waals surface area (Å²) < 4.78 is 0. The summed E-state index contributed by atoms with van der Waals surface area (Å²) in [4.78, 5) is 20.8. The van der Waals surface area contributed by atoms with Gasteiger partial charge < -0.3 is 9.90 Å². The molecule has 0 bridgehead atoms. The maximum Gasteiger partial charge on any atom is 0.306 e. The van der Waals surface area contributed by atoms with Crippen LogP contribution >= 0.6 is 0 Å². The maximum absolute atomic E-state index is 10.5. The highest BCUT2D eigenvalue weighted by molar-refractivity contribution is 5.71. The van der Waals surface area contributed by atoms with E-state index in [1.54, 1.807) is 0 Å². The number of aldehydes is 1. The first-order valence-electron chi connectivity index (χ1n) is 3.92. The Hall–Kier alpha value is -0.860. The summed E-state index contributed by atoms with van der Waals surface area (Å²) in [6.07, 6.45) is 3.90. The van der Waals surface area contributed by atoms with Gasteiger partial charge in [0, 0.05) is 5.92 Å². The van der Waals surface area contributed by atoms with Gasteiger partial charge in [0.1, 0.15) is 6.29 Å². The molecule has 0 aromatic rings. The highest BCUT2D eigenvalue weighted by atomic mass is 16.4. The fourth-order valence-corrected chi connectivity index (χ4v) is 1.58. The van der Waals surface area contributed by atoms with Gasteiger partial charge >= 0.3 is 5.97 Å². The minimum atomic E-state index is -0.753. The molecule has 0 heterocycles. The van der Waals surface area contributed by atoms with Gasteiger partial charge in [-0.15, -0.1) is 0 Å². The van der Waals surface area contributed by atoms with Crippen LogP contribution in [-0.4, -0.2) is 17.4 Å². The molecule has 2 atom stereocenters. The van der Waals surface area contributed by atoms with Crippen molar-refractivity contribution in [1.82, 2.24) is 0 Å². The Balaban J connectivity index is 2.45. The number of hydrogen-bond donors (Lipinski definition) is 1. The maximum atomic E-state index is 10.5. The number of hydrogen-bond acceptors (Lipinski definition) is 2. The lowest BCUT2D eigenvalue weighted by molar-refractivity contribution is -0.143. The topological polar surface area (TPSA) is 54.4 Å². The molecule has 0 spiro atoms. The zero-order valence-electron chi connectivity index (χ0n) is 6.32. The van der Waals surface area contributed by atoms with E-state index in [2.05, 4.69) is 0 Å². The molecule has 3 heteroatoms. The first-order valence-corrected chi connectivity index (χ1v) is 3.92. The first-order chi connectivity index (χ1) is 5.24. The van der Waals surface area contributed by atoms with Gasteiger partial charge in [0.15, 0.2) is 0 Å². The van der Waals surface area contributed by atoms with E-state index in [4.69, 9.17) is 5.11 Å². The molecule has 62 valence electrons. The third-order valence-corrected chi connectivity index (χ3v) is 2.26. The van der Waals surface area contributed by atoms with Crippen LogP contribution in [0.3, 0.4) is 0 Å². The van der Waals surface area contributed by atoms with E-state index in [1.165, 1.54) is 0 Å². The Bertz CT molecular complexity index is 165. The Labute approximate surface area is 65.4 Å². The van der Waals surface area contributed by atoms with Gasteiger partial charge in [0.05, 0.1) is 5.92 Å². The van der Waals surface area contributed by atoms with Gasteiger partial charge in [0.2, 0.25) is 0 Å². The predicted octanol–water partition coefficient (Wildman–Crippen LogP) is 1.08. The summed E-state index contributed by atoms with van der Waals surface area (Å²) in [5.74, 6) is -1.04. The van der Waals surface area contributed by atoms with Crippen LogP contribution in [0.5, 0.6) is 0 Å². The lowest BCUT2D eigenvalue weighted by atomic mass is 9.82. The molecule has 1 N–H and O–H groups in total. The fourth-order valence-electron chi connectivity index (χ4n) is 1.58. The number of rotatable bonds is 2. The number of carbonyl (C=O) groups is 2. The van der Waals surface area contributed by atoms with Gasteiger partial charge in [-0.1, -0.05) is 6.42 Å². The lowest BCUT2D eigenvalue weighted by Crippen LogP contribution is -2.23. The molecule has 11 heavy (non-hydrogen) atoms. The number of carbonyl (C=O) groups excluding carboxylic acids is 1. The molecule has 0 amide bonds. The van der Waals surface area contributed by atoms with Crippen molar-refractivity contribution < 1.29 is 14.7 Å². The average molecular weight is 156 g/mol. The van der Waals surface area contributed by atoms with Crippen LogP contribution in [0.15, 0.2) is 0 Å². The van der Waals surface area contributed by atoms with E-state index in [0.717, 1.165) is 25.5 Å². The molecule has 1 aliphatic rings. The molecule has 0 aliphatic heterocycles. The average Bonchev–Trinajstić information content (AvgIpc) is 2.05. The quantitative estimate of drug-likeness (QED) is 0.608. The van der Waals surface area contributed by atoms with Crippen molar-refractivity contribution in [2.45, 2.75) is 25.7 Å². The molecule has 3 nitrogen and oxygen atoms in total. The van der Waals surface area contributed by atoms with Crippen LogP contribution in [-0.2, 0) is 9.59 Å². The zero-order valence-corrected chi connectivity index (χ0v) is 6.32. The standard InChI is InChI=1S/C8H12O3/c9-5-6-2-1-3-7(4-6)8(10)11/h5-7H,1-4H2,(H,10,11)/t6?,7-/m0/s1. The molecular formula is C8H12O3. The number of aliphatic carboxylic acids is 1. The highest BCUT2D eigenvalue weighted by Crippen LogP contribution is 2.27. The molecular weight excluding hydrogens is 144 g/mol. The molecule has 1 saturated carbocycles. The second-order valence-corrected chi connectivity index (χ2v) is 3.10. The summed E-state index contributed by atoms with van der Waals surface area (Å²) in [7, 11) is 0. The molecule has 0 aromatic carbocycles. The van der Waals surface area contributed by atoms with Crippen LogP contribution in [0.25, 0.3) is 0 Å². The Kier molecular flexibility index (Phi) is 2.63. The minimum Gasteiger partial charge on any atom is -0.481 e. The van der Waals surface area contributed by atoms with Crippen molar-refractivity contribution in [1.29, 1.82) is 0 Å². The smallest absolute Gasteiger partial charge is 0.306 e. The summed E-state index contributed by atoms with van der Waals surface area (Å²) >= 11 is 0. The predicted molar refractivity (Wildman–Crippen MR) is 39.1 cm³/mol. The third kappa shape index (κ3) is 2.03. The monoisotopic (exact) mass is 156 g/mol. The minimum absolute atomic E-state index is 0.00940. The third-order valence-electron chi connectivity index (χ3n) is 2.26. The molecule has 1 aliphatic carbocycles. The Morgan fingerprint density at radius 2 is 2.18 bits per heavy atom. The van der Waals surface area contributed by atoms with Crippen LogP contribution < -0.4 is 0 Å². The van der Waals surface area contributed by atoms with E-state index in [0.29, 0.717) is 6.42 Å². The van der Waals surface area contributed by atoms with E-state index in [9.17, 15) is 9.59 Å².